The summed E-state index contributed by atoms with van der Waals surface area (Å²) in [4.78, 5) is 21.4. The quantitative estimate of drug-likeness (QED) is 0.505. The maximum absolute atomic E-state index is 12.5. The molecule has 2 aromatic heterocycles. The number of oxazole rings is 1. The zero-order valence-corrected chi connectivity index (χ0v) is 18.4. The Morgan fingerprint density at radius 3 is 2.50 bits per heavy atom. The standard InChI is InChI=1S/C21H23N3O4S2/c1-15-19(24-21(28-15)17-3-5-18(29-2)6-4-17)13-30(26,27)14-20(25)23-12-9-16-7-10-22-11-8-16/h3-8,10-11H,9,12-14H2,1-2H3,(H,23,25). The van der Waals surface area contributed by atoms with Gasteiger partial charge in [0.1, 0.15) is 11.5 Å². The minimum atomic E-state index is -3.68. The first-order chi connectivity index (χ1) is 14.4. The summed E-state index contributed by atoms with van der Waals surface area (Å²) in [5, 5.41) is 2.65. The Morgan fingerprint density at radius 2 is 1.83 bits per heavy atom. The molecule has 0 saturated heterocycles. The minimum absolute atomic E-state index is 0.323. The van der Waals surface area contributed by atoms with Gasteiger partial charge in [-0.2, -0.15) is 0 Å². The number of benzene rings is 1. The molecule has 0 radical (unpaired) electrons. The molecule has 0 unspecified atom stereocenters. The van der Waals surface area contributed by atoms with E-state index in [1.807, 2.05) is 42.7 Å². The van der Waals surface area contributed by atoms with Crippen molar-refractivity contribution in [2.45, 2.75) is 24.0 Å². The highest BCUT2D eigenvalue weighted by molar-refractivity contribution is 7.98. The number of pyridine rings is 1. The van der Waals surface area contributed by atoms with Gasteiger partial charge in [0.2, 0.25) is 11.8 Å². The van der Waals surface area contributed by atoms with Crippen LogP contribution in [-0.2, 0) is 26.8 Å². The average molecular weight is 446 g/mol. The number of nitrogens with one attached hydrogen (secondary N) is 1. The summed E-state index contributed by atoms with van der Waals surface area (Å²) in [7, 11) is -3.68. The monoisotopic (exact) mass is 445 g/mol. The number of hydrogen-bond acceptors (Lipinski definition) is 7. The first-order valence-electron chi connectivity index (χ1n) is 9.33. The summed E-state index contributed by atoms with van der Waals surface area (Å²) >= 11 is 1.63. The normalized spacial score (nSPS) is 11.4. The molecule has 0 aliphatic carbocycles. The third kappa shape index (κ3) is 6.17. The summed E-state index contributed by atoms with van der Waals surface area (Å²) < 4.78 is 30.6. The van der Waals surface area contributed by atoms with Crippen LogP contribution < -0.4 is 5.32 Å². The van der Waals surface area contributed by atoms with Crippen molar-refractivity contribution in [2.75, 3.05) is 18.6 Å². The van der Waals surface area contributed by atoms with Crippen LogP contribution in [0.1, 0.15) is 17.0 Å². The lowest BCUT2D eigenvalue weighted by atomic mass is 10.2. The lowest BCUT2D eigenvalue weighted by Gasteiger charge is -2.06. The van der Waals surface area contributed by atoms with Gasteiger partial charge in [-0.05, 0) is 61.6 Å². The van der Waals surface area contributed by atoms with Crippen LogP contribution in [0, 0.1) is 6.92 Å². The number of nitrogens with zero attached hydrogens (tertiary/aromatic N) is 2. The molecule has 0 spiro atoms. The number of carbonyl (C=O) groups is 1. The predicted molar refractivity (Wildman–Crippen MR) is 117 cm³/mol. The molecular formula is C21H23N3O4S2. The van der Waals surface area contributed by atoms with E-state index in [0.29, 0.717) is 30.3 Å². The van der Waals surface area contributed by atoms with Crippen LogP contribution in [0.5, 0.6) is 0 Å². The van der Waals surface area contributed by atoms with Crippen LogP contribution in [0.3, 0.4) is 0 Å². The second-order valence-corrected chi connectivity index (χ2v) is 9.68. The van der Waals surface area contributed by atoms with E-state index in [1.165, 1.54) is 0 Å². The Bertz CT molecular complexity index is 1100. The van der Waals surface area contributed by atoms with Crippen molar-refractivity contribution >= 4 is 27.5 Å². The van der Waals surface area contributed by atoms with Gasteiger partial charge in [0.05, 0.1) is 11.4 Å². The van der Waals surface area contributed by atoms with E-state index in [2.05, 4.69) is 15.3 Å². The maximum Gasteiger partial charge on any atom is 0.235 e. The summed E-state index contributed by atoms with van der Waals surface area (Å²) in [5.74, 6) is -0.665. The highest BCUT2D eigenvalue weighted by atomic mass is 32.2. The van der Waals surface area contributed by atoms with Crippen LogP contribution >= 0.6 is 11.8 Å². The molecule has 1 aromatic carbocycles. The highest BCUT2D eigenvalue weighted by Crippen LogP contribution is 2.25. The Kier molecular flexibility index (Phi) is 7.28. The van der Waals surface area contributed by atoms with Gasteiger partial charge in [0.15, 0.2) is 9.84 Å². The lowest BCUT2D eigenvalue weighted by molar-refractivity contribution is -0.118. The van der Waals surface area contributed by atoms with Crippen molar-refractivity contribution < 1.29 is 17.6 Å². The van der Waals surface area contributed by atoms with Gasteiger partial charge in [-0.25, -0.2) is 13.4 Å². The Balaban J connectivity index is 1.57. The molecule has 0 aliphatic heterocycles. The molecule has 2 heterocycles. The molecule has 0 saturated carbocycles. The van der Waals surface area contributed by atoms with Crippen molar-refractivity contribution in [3.8, 4) is 11.5 Å². The van der Waals surface area contributed by atoms with Gasteiger partial charge in [0, 0.05) is 29.4 Å². The van der Waals surface area contributed by atoms with Crippen LogP contribution in [0.15, 0.2) is 58.1 Å². The molecular weight excluding hydrogens is 422 g/mol. The number of aryl methyl sites for hydroxylation is 1. The number of sulfone groups is 1. The lowest BCUT2D eigenvalue weighted by Crippen LogP contribution is -2.32. The maximum atomic E-state index is 12.5. The van der Waals surface area contributed by atoms with Gasteiger partial charge >= 0.3 is 0 Å². The third-order valence-corrected chi connectivity index (χ3v) is 6.58. The van der Waals surface area contributed by atoms with Gasteiger partial charge in [-0.3, -0.25) is 9.78 Å². The fraction of sp³-hybridized carbons (Fsp3) is 0.286. The second kappa shape index (κ2) is 9.90. The second-order valence-electron chi connectivity index (χ2n) is 6.74. The molecule has 3 rings (SSSR count). The van der Waals surface area contributed by atoms with E-state index in [4.69, 9.17) is 4.42 Å². The smallest absolute Gasteiger partial charge is 0.235 e. The number of aromatic nitrogens is 2. The zero-order valence-electron chi connectivity index (χ0n) is 16.8. The molecule has 1 amide bonds. The predicted octanol–water partition coefficient (Wildman–Crippen LogP) is 3.04. The zero-order chi connectivity index (χ0) is 21.6. The molecule has 7 nitrogen and oxygen atoms in total. The number of rotatable bonds is 9. The van der Waals surface area contributed by atoms with Gasteiger partial charge < -0.3 is 9.73 Å². The molecule has 0 fully saturated rings. The Hall–Kier alpha value is -2.65. The van der Waals surface area contributed by atoms with E-state index in [1.54, 1.807) is 31.1 Å². The van der Waals surface area contributed by atoms with E-state index >= 15 is 0 Å². The summed E-state index contributed by atoms with van der Waals surface area (Å²) in [6.45, 7) is 2.03. The van der Waals surface area contributed by atoms with Crippen LogP contribution in [0.4, 0.5) is 0 Å². The molecule has 158 valence electrons. The molecule has 9 heteroatoms. The average Bonchev–Trinajstić information content (AvgIpc) is 3.08. The van der Waals surface area contributed by atoms with Gasteiger partial charge in [0.25, 0.3) is 0 Å². The molecule has 1 N–H and O–H groups in total. The van der Waals surface area contributed by atoms with E-state index in [9.17, 15) is 13.2 Å². The first kappa shape index (κ1) is 22.0. The van der Waals surface area contributed by atoms with Crippen LogP contribution in [-0.4, -0.2) is 42.8 Å². The first-order valence-corrected chi connectivity index (χ1v) is 12.4. The summed E-state index contributed by atoms with van der Waals surface area (Å²) in [5.41, 5.74) is 2.11. The van der Waals surface area contributed by atoms with E-state index < -0.39 is 21.5 Å². The van der Waals surface area contributed by atoms with Crippen molar-refractivity contribution in [1.82, 2.24) is 15.3 Å². The third-order valence-electron chi connectivity index (χ3n) is 4.42. The number of thioether (sulfide) groups is 1. The van der Waals surface area contributed by atoms with Gasteiger partial charge in [-0.15, -0.1) is 11.8 Å². The Morgan fingerprint density at radius 1 is 1.13 bits per heavy atom. The Labute approximate surface area is 180 Å². The largest absolute Gasteiger partial charge is 0.441 e. The number of hydrogen-bond donors (Lipinski definition) is 1. The summed E-state index contributed by atoms with van der Waals surface area (Å²) in [6.07, 6.45) is 5.94. The minimum Gasteiger partial charge on any atom is -0.441 e. The van der Waals surface area contributed by atoms with Crippen molar-refractivity contribution in [3.63, 3.8) is 0 Å². The molecule has 3 aromatic rings. The SMILES string of the molecule is CSc1ccc(-c2nc(CS(=O)(=O)CC(=O)NCCc3ccncc3)c(C)o2)cc1. The fourth-order valence-electron chi connectivity index (χ4n) is 2.82. The van der Waals surface area contributed by atoms with Crippen molar-refractivity contribution in [3.05, 3.63) is 65.8 Å². The van der Waals surface area contributed by atoms with Crippen molar-refractivity contribution in [2.24, 2.45) is 0 Å². The van der Waals surface area contributed by atoms with Crippen LogP contribution in [0.25, 0.3) is 11.5 Å². The van der Waals surface area contributed by atoms with E-state index in [-0.39, 0.29) is 5.75 Å². The number of carbonyl (C=O) groups excluding carboxylic acids is 1. The van der Waals surface area contributed by atoms with Gasteiger partial charge in [-0.1, -0.05) is 0 Å². The summed E-state index contributed by atoms with van der Waals surface area (Å²) in [6, 6.07) is 11.4. The fourth-order valence-corrected chi connectivity index (χ4v) is 4.52. The van der Waals surface area contributed by atoms with Crippen LogP contribution in [0.2, 0.25) is 0 Å². The van der Waals surface area contributed by atoms with E-state index in [0.717, 1.165) is 16.0 Å². The number of amides is 1. The molecule has 0 aliphatic rings. The molecule has 0 bridgehead atoms. The molecule has 0 atom stereocenters. The topological polar surface area (TPSA) is 102 Å². The highest BCUT2D eigenvalue weighted by Gasteiger charge is 2.22. The van der Waals surface area contributed by atoms with Crippen molar-refractivity contribution in [1.29, 1.82) is 0 Å². The molecule has 30 heavy (non-hydrogen) atoms.